The van der Waals surface area contributed by atoms with Crippen molar-refractivity contribution in [1.29, 1.82) is 0 Å². The van der Waals surface area contributed by atoms with Crippen molar-refractivity contribution >= 4 is 29.1 Å². The third-order valence-electron chi connectivity index (χ3n) is 6.82. The Labute approximate surface area is 230 Å². The summed E-state index contributed by atoms with van der Waals surface area (Å²) in [5, 5.41) is 0. The van der Waals surface area contributed by atoms with E-state index in [-0.39, 0.29) is 17.7 Å². The number of aromatic nitrogens is 1. The molecule has 2 aliphatic rings. The molecule has 0 amide bonds. The van der Waals surface area contributed by atoms with Gasteiger partial charge in [0.05, 0.1) is 49.8 Å². The first-order valence-electron chi connectivity index (χ1n) is 12.8. The number of anilines is 1. The lowest BCUT2D eigenvalue weighted by Crippen LogP contribution is -2.40. The van der Waals surface area contributed by atoms with Crippen LogP contribution < -0.4 is 29.3 Å². The van der Waals surface area contributed by atoms with Gasteiger partial charge in [-0.3, -0.25) is 9.36 Å². The average Bonchev–Trinajstić information content (AvgIpc) is 3.26. The molecule has 0 saturated carbocycles. The molecule has 9 nitrogen and oxygen atoms in total. The van der Waals surface area contributed by atoms with Crippen molar-refractivity contribution in [3.05, 3.63) is 84.5 Å². The van der Waals surface area contributed by atoms with Gasteiger partial charge < -0.3 is 23.8 Å². The number of benzene rings is 2. The number of thiazole rings is 1. The van der Waals surface area contributed by atoms with E-state index in [1.54, 1.807) is 50.8 Å². The average molecular weight is 550 g/mol. The third-order valence-corrected chi connectivity index (χ3v) is 7.80. The van der Waals surface area contributed by atoms with Crippen LogP contribution in [0.2, 0.25) is 0 Å². The molecule has 5 rings (SSSR count). The molecule has 0 spiro atoms. The fourth-order valence-corrected chi connectivity index (χ4v) is 5.94. The Morgan fingerprint density at radius 1 is 1.13 bits per heavy atom. The van der Waals surface area contributed by atoms with Crippen molar-refractivity contribution in [2.45, 2.75) is 19.9 Å². The lowest BCUT2D eigenvalue weighted by atomic mass is 9.94. The van der Waals surface area contributed by atoms with Crippen LogP contribution in [0.4, 0.5) is 5.69 Å². The third kappa shape index (κ3) is 5.22. The van der Waals surface area contributed by atoms with Crippen LogP contribution in [0, 0.1) is 0 Å². The number of esters is 1. The molecule has 3 aromatic rings. The Bertz CT molecular complexity index is 1580. The maximum absolute atomic E-state index is 13.9. The van der Waals surface area contributed by atoms with E-state index in [2.05, 4.69) is 22.0 Å². The molecule has 10 heteroatoms. The maximum Gasteiger partial charge on any atom is 0.338 e. The minimum atomic E-state index is -0.795. The second-order valence-corrected chi connectivity index (χ2v) is 10.1. The molecule has 204 valence electrons. The zero-order chi connectivity index (χ0) is 27.5. The highest BCUT2D eigenvalue weighted by Crippen LogP contribution is 2.37. The van der Waals surface area contributed by atoms with Gasteiger partial charge in [0.2, 0.25) is 0 Å². The molecule has 1 atom stereocenters. The van der Waals surface area contributed by atoms with E-state index in [0.29, 0.717) is 32.1 Å². The number of allylic oxidation sites excluding steroid dienone is 1. The monoisotopic (exact) mass is 549 g/mol. The van der Waals surface area contributed by atoms with Gasteiger partial charge in [-0.15, -0.1) is 0 Å². The number of hydrogen-bond acceptors (Lipinski definition) is 9. The first kappa shape index (κ1) is 26.7. The molecular formula is C29H31N3O6S. The van der Waals surface area contributed by atoms with Crippen LogP contribution in [0.15, 0.2) is 63.5 Å². The quantitative estimate of drug-likeness (QED) is 0.419. The summed E-state index contributed by atoms with van der Waals surface area (Å²) in [6.45, 7) is 6.84. The van der Waals surface area contributed by atoms with Gasteiger partial charge in [-0.2, -0.15) is 0 Å². The summed E-state index contributed by atoms with van der Waals surface area (Å²) >= 11 is 1.28. The fraction of sp³-hybridized carbons (Fsp3) is 0.345. The largest absolute Gasteiger partial charge is 0.497 e. The van der Waals surface area contributed by atoms with E-state index >= 15 is 0 Å². The van der Waals surface area contributed by atoms with Crippen LogP contribution in [-0.2, 0) is 14.3 Å². The number of nitrogens with zero attached hydrogens (tertiary/aromatic N) is 3. The Balaban J connectivity index is 1.63. The number of carbonyl (C=O) groups is 1. The normalized spacial score (nSPS) is 17.5. The Morgan fingerprint density at radius 3 is 2.54 bits per heavy atom. The molecule has 2 aliphatic heterocycles. The van der Waals surface area contributed by atoms with Crippen LogP contribution in [0.25, 0.3) is 6.08 Å². The summed E-state index contributed by atoms with van der Waals surface area (Å²) in [6.07, 6.45) is 1.86. The number of morpholine rings is 1. The zero-order valence-corrected chi connectivity index (χ0v) is 23.2. The van der Waals surface area contributed by atoms with Crippen molar-refractivity contribution in [3.8, 4) is 11.5 Å². The van der Waals surface area contributed by atoms with Crippen molar-refractivity contribution in [1.82, 2.24) is 4.57 Å². The number of carbonyl (C=O) groups excluding carboxylic acids is 1. The smallest absolute Gasteiger partial charge is 0.338 e. The second kappa shape index (κ2) is 11.5. The summed E-state index contributed by atoms with van der Waals surface area (Å²) in [5.41, 5.74) is 3.16. The number of ether oxygens (including phenoxy) is 4. The lowest BCUT2D eigenvalue weighted by molar-refractivity contribution is -0.139. The topological polar surface area (TPSA) is 91.6 Å². The molecule has 39 heavy (non-hydrogen) atoms. The number of hydrogen-bond donors (Lipinski definition) is 0. The van der Waals surface area contributed by atoms with Crippen LogP contribution in [0.5, 0.6) is 11.5 Å². The molecule has 1 fully saturated rings. The van der Waals surface area contributed by atoms with E-state index in [1.807, 2.05) is 18.2 Å². The van der Waals surface area contributed by atoms with E-state index < -0.39 is 12.0 Å². The first-order valence-corrected chi connectivity index (χ1v) is 13.6. The minimum absolute atomic E-state index is 0.197. The molecule has 3 heterocycles. The highest BCUT2D eigenvalue weighted by atomic mass is 32.1. The van der Waals surface area contributed by atoms with Gasteiger partial charge >= 0.3 is 5.97 Å². The highest BCUT2D eigenvalue weighted by molar-refractivity contribution is 7.07. The van der Waals surface area contributed by atoms with Crippen LogP contribution >= 0.6 is 11.3 Å². The molecule has 1 aromatic heterocycles. The second-order valence-electron chi connectivity index (χ2n) is 9.10. The van der Waals surface area contributed by atoms with Gasteiger partial charge in [0, 0.05) is 24.3 Å². The first-order chi connectivity index (χ1) is 18.9. The molecule has 2 aromatic carbocycles. The molecule has 0 bridgehead atoms. The summed E-state index contributed by atoms with van der Waals surface area (Å²) in [6, 6.07) is 12.6. The molecule has 1 saturated heterocycles. The molecule has 0 N–H and O–H groups in total. The van der Waals surface area contributed by atoms with Gasteiger partial charge in [0.15, 0.2) is 4.80 Å². The predicted molar refractivity (Wildman–Crippen MR) is 149 cm³/mol. The van der Waals surface area contributed by atoms with Gasteiger partial charge in [-0.05, 0) is 55.8 Å². The summed E-state index contributed by atoms with van der Waals surface area (Å²) in [5.74, 6) is 0.568. The van der Waals surface area contributed by atoms with Gasteiger partial charge in [0.25, 0.3) is 5.56 Å². The Morgan fingerprint density at radius 2 is 1.87 bits per heavy atom. The van der Waals surface area contributed by atoms with E-state index in [1.165, 1.54) is 11.3 Å². The van der Waals surface area contributed by atoms with E-state index in [4.69, 9.17) is 18.9 Å². The van der Waals surface area contributed by atoms with Gasteiger partial charge in [-0.25, -0.2) is 9.79 Å². The highest BCUT2D eigenvalue weighted by Gasteiger charge is 2.35. The summed E-state index contributed by atoms with van der Waals surface area (Å²) in [7, 11) is 3.12. The van der Waals surface area contributed by atoms with E-state index in [0.717, 1.165) is 37.6 Å². The zero-order valence-electron chi connectivity index (χ0n) is 22.4. The predicted octanol–water partition coefficient (Wildman–Crippen LogP) is 2.65. The number of rotatable bonds is 7. The molecule has 0 radical (unpaired) electrons. The number of methoxy groups -OCH3 is 2. The maximum atomic E-state index is 13.9. The van der Waals surface area contributed by atoms with Crippen molar-refractivity contribution in [2.75, 3.05) is 52.0 Å². The minimum Gasteiger partial charge on any atom is -0.497 e. The lowest BCUT2D eigenvalue weighted by Gasteiger charge is -2.28. The van der Waals surface area contributed by atoms with Gasteiger partial charge in [0.1, 0.15) is 17.5 Å². The van der Waals surface area contributed by atoms with Crippen molar-refractivity contribution in [2.24, 2.45) is 4.99 Å². The van der Waals surface area contributed by atoms with Crippen molar-refractivity contribution < 1.29 is 23.7 Å². The summed E-state index contributed by atoms with van der Waals surface area (Å²) < 4.78 is 24.0. The Kier molecular flexibility index (Phi) is 7.85. The van der Waals surface area contributed by atoms with Crippen LogP contribution in [0.1, 0.15) is 31.0 Å². The fourth-order valence-electron chi connectivity index (χ4n) is 4.89. The molecular weight excluding hydrogens is 518 g/mol. The SMILES string of the molecule is CCOC(=O)C1=C(C)N=c2sc(=Cc3ccc(N4CCOCC4)cc3)c(=O)n2C1c1cc(OC)ccc1OC. The van der Waals surface area contributed by atoms with Crippen LogP contribution in [0.3, 0.4) is 0 Å². The van der Waals surface area contributed by atoms with Crippen LogP contribution in [-0.4, -0.2) is 57.7 Å². The summed E-state index contributed by atoms with van der Waals surface area (Å²) in [4.78, 5) is 34.5. The Hall–Kier alpha value is -3.89. The molecule has 0 aliphatic carbocycles. The number of fused-ring (bicyclic) bond motifs is 1. The van der Waals surface area contributed by atoms with Crippen molar-refractivity contribution in [3.63, 3.8) is 0 Å². The standard InChI is InChI=1S/C29H31N3O6S/c1-5-38-28(34)25-18(2)30-29-32(26(25)22-17-21(35-3)10-11-23(22)36-4)27(33)24(39-29)16-19-6-8-20(9-7-19)31-12-14-37-15-13-31/h6-11,16-17,26H,5,12-15H2,1-4H3. The van der Waals surface area contributed by atoms with E-state index in [9.17, 15) is 9.59 Å². The van der Waals surface area contributed by atoms with Gasteiger partial charge in [-0.1, -0.05) is 23.5 Å². The molecule has 1 unspecified atom stereocenters.